The molecular formula is C21H28O4. The number of rotatable bonds is 1. The van der Waals surface area contributed by atoms with Crippen LogP contribution in [0.15, 0.2) is 23.8 Å². The number of fused-ring (bicyclic) bond motifs is 5. The van der Waals surface area contributed by atoms with E-state index in [4.69, 9.17) is 9.90 Å². The normalized spacial score (nSPS) is 41.7. The minimum Gasteiger partial charge on any atom is -0.389 e. The molecule has 0 aromatic rings. The summed E-state index contributed by atoms with van der Waals surface area (Å²) in [7, 11) is 0. The van der Waals surface area contributed by atoms with Crippen LogP contribution in [0.25, 0.3) is 0 Å². The van der Waals surface area contributed by atoms with Gasteiger partial charge in [0.1, 0.15) is 12.1 Å². The number of carbonyl (C=O) groups is 3. The molecule has 1 N–H and O–H groups in total. The number of carbonyl (C=O) groups excluding carboxylic acids is 3. The van der Waals surface area contributed by atoms with E-state index in [-0.39, 0.29) is 29.1 Å². The summed E-state index contributed by atoms with van der Waals surface area (Å²) in [6.45, 7) is 4.17. The first-order valence-corrected chi connectivity index (χ1v) is 9.37. The number of hydrogen-bond acceptors (Lipinski definition) is 4. The van der Waals surface area contributed by atoms with Crippen molar-refractivity contribution in [2.75, 3.05) is 6.61 Å². The van der Waals surface area contributed by atoms with E-state index < -0.39 is 0 Å². The Hall–Kier alpha value is -1.55. The Morgan fingerprint density at radius 2 is 2.00 bits per heavy atom. The highest BCUT2D eigenvalue weighted by Gasteiger charge is 2.58. The lowest BCUT2D eigenvalue weighted by atomic mass is 9.48. The van der Waals surface area contributed by atoms with E-state index in [0.29, 0.717) is 23.9 Å². The van der Waals surface area contributed by atoms with Gasteiger partial charge in [0.25, 0.3) is 0 Å². The molecule has 4 aliphatic carbocycles. The van der Waals surface area contributed by atoms with Crippen LogP contribution in [-0.4, -0.2) is 29.6 Å². The lowest BCUT2D eigenvalue weighted by molar-refractivity contribution is -0.140. The maximum absolute atomic E-state index is 13.0. The molecule has 0 aliphatic heterocycles. The van der Waals surface area contributed by atoms with Gasteiger partial charge in [-0.1, -0.05) is 31.9 Å². The number of allylic oxidation sites excluding steroid dienone is 4. The standard InChI is InChI=1S/C19H24O2.C2H4O2/c1-18-8-3-4-15(18)14-6-5-12-10-13(20)7-9-19(12,2)17(14)16(21)11-18;3-1-2-4/h7,9-10,14-15,17H,3-6,8,11H2,1-2H3;1,4H,2H2/t14?,15?,17?,18-,19-;/m0./s1. The van der Waals surface area contributed by atoms with Crippen LogP contribution in [0.3, 0.4) is 0 Å². The molecule has 0 radical (unpaired) electrons. The van der Waals surface area contributed by atoms with E-state index in [0.717, 1.165) is 19.3 Å². The van der Waals surface area contributed by atoms with Crippen LogP contribution in [0, 0.1) is 28.6 Å². The Bertz CT molecular complexity index is 646. The van der Waals surface area contributed by atoms with Gasteiger partial charge >= 0.3 is 0 Å². The third-order valence-electron chi connectivity index (χ3n) is 7.10. The van der Waals surface area contributed by atoms with Gasteiger partial charge in [-0.25, -0.2) is 0 Å². The third kappa shape index (κ3) is 2.95. The smallest absolute Gasteiger partial charge is 0.178 e. The summed E-state index contributed by atoms with van der Waals surface area (Å²) in [6.07, 6.45) is 12.6. The summed E-state index contributed by atoms with van der Waals surface area (Å²) >= 11 is 0. The number of hydrogen-bond donors (Lipinski definition) is 1. The number of aliphatic hydroxyl groups excluding tert-OH is 1. The summed E-state index contributed by atoms with van der Waals surface area (Å²) in [5.41, 5.74) is 1.26. The zero-order valence-electron chi connectivity index (χ0n) is 15.2. The van der Waals surface area contributed by atoms with Crippen LogP contribution >= 0.6 is 0 Å². The molecule has 0 bridgehead atoms. The molecule has 4 nitrogen and oxygen atoms in total. The van der Waals surface area contributed by atoms with Crippen LogP contribution in [0.2, 0.25) is 0 Å². The zero-order valence-corrected chi connectivity index (χ0v) is 15.2. The Morgan fingerprint density at radius 1 is 1.28 bits per heavy atom. The fourth-order valence-electron chi connectivity index (χ4n) is 6.04. The van der Waals surface area contributed by atoms with E-state index in [2.05, 4.69) is 13.8 Å². The highest BCUT2D eigenvalue weighted by Crippen LogP contribution is 2.63. The molecule has 0 spiro atoms. The Balaban J connectivity index is 0.000000415. The second-order valence-electron chi connectivity index (χ2n) is 8.51. The topological polar surface area (TPSA) is 71.4 Å². The van der Waals surface area contributed by atoms with Gasteiger partial charge in [0.2, 0.25) is 0 Å². The van der Waals surface area contributed by atoms with Crippen LogP contribution in [-0.2, 0) is 14.4 Å². The average molecular weight is 344 g/mol. The van der Waals surface area contributed by atoms with Gasteiger partial charge in [0.15, 0.2) is 5.78 Å². The van der Waals surface area contributed by atoms with Gasteiger partial charge < -0.3 is 9.90 Å². The molecule has 3 unspecified atom stereocenters. The van der Waals surface area contributed by atoms with Crippen molar-refractivity contribution in [3.05, 3.63) is 23.8 Å². The third-order valence-corrected chi connectivity index (χ3v) is 7.10. The molecule has 3 saturated carbocycles. The average Bonchev–Trinajstić information content (AvgIpc) is 2.96. The first-order valence-electron chi connectivity index (χ1n) is 9.37. The number of Topliss-reactive ketones (excluding diaryl/α,β-unsaturated/α-hetero) is 1. The summed E-state index contributed by atoms with van der Waals surface area (Å²) < 4.78 is 0. The van der Waals surface area contributed by atoms with Crippen molar-refractivity contribution in [3.63, 3.8) is 0 Å². The molecule has 5 atom stereocenters. The molecule has 4 rings (SSSR count). The van der Waals surface area contributed by atoms with Crippen molar-refractivity contribution in [3.8, 4) is 0 Å². The van der Waals surface area contributed by atoms with E-state index in [9.17, 15) is 9.59 Å². The summed E-state index contributed by atoms with van der Waals surface area (Å²) in [5.74, 6) is 1.89. The van der Waals surface area contributed by atoms with Crippen LogP contribution in [0.5, 0.6) is 0 Å². The SMILES string of the molecule is C[C@@]12CCCC1C1CCC3=CC(=O)C=C[C@]3(C)C1C(=O)C2.O=CCO. The van der Waals surface area contributed by atoms with Crippen molar-refractivity contribution in [1.29, 1.82) is 0 Å². The van der Waals surface area contributed by atoms with Crippen LogP contribution in [0.1, 0.15) is 52.4 Å². The fraction of sp³-hybridized carbons (Fsp3) is 0.667. The Labute approximate surface area is 149 Å². The number of ketones is 2. The van der Waals surface area contributed by atoms with Crippen LogP contribution < -0.4 is 0 Å². The van der Waals surface area contributed by atoms with Crippen molar-refractivity contribution in [2.24, 2.45) is 28.6 Å². The predicted molar refractivity (Wildman–Crippen MR) is 94.8 cm³/mol. The van der Waals surface area contributed by atoms with E-state index in [1.165, 1.54) is 24.8 Å². The van der Waals surface area contributed by atoms with Gasteiger partial charge in [-0.05, 0) is 55.1 Å². The molecule has 4 heteroatoms. The summed E-state index contributed by atoms with van der Waals surface area (Å²) in [6, 6.07) is 0. The zero-order chi connectivity index (χ0) is 18.2. The van der Waals surface area contributed by atoms with Gasteiger partial charge in [-0.15, -0.1) is 0 Å². The molecule has 4 aliphatic rings. The minimum absolute atomic E-state index is 0.0925. The number of aliphatic hydroxyl groups is 1. The predicted octanol–water partition coefficient (Wildman–Crippen LogP) is 3.04. The lowest BCUT2D eigenvalue weighted by Crippen LogP contribution is -2.52. The minimum atomic E-state index is -0.361. The maximum Gasteiger partial charge on any atom is 0.178 e. The molecule has 136 valence electrons. The second kappa shape index (κ2) is 6.64. The van der Waals surface area contributed by atoms with Gasteiger partial charge in [0.05, 0.1) is 6.61 Å². The summed E-state index contributed by atoms with van der Waals surface area (Å²) in [5, 5.41) is 7.51. The quantitative estimate of drug-likeness (QED) is 0.742. The molecule has 0 saturated heterocycles. The number of aldehydes is 1. The molecule has 0 aromatic heterocycles. The van der Waals surface area contributed by atoms with Crippen molar-refractivity contribution in [2.45, 2.75) is 52.4 Å². The highest BCUT2D eigenvalue weighted by atomic mass is 16.3. The van der Waals surface area contributed by atoms with Gasteiger partial charge in [-0.2, -0.15) is 0 Å². The van der Waals surface area contributed by atoms with Crippen molar-refractivity contribution >= 4 is 17.9 Å². The van der Waals surface area contributed by atoms with Crippen molar-refractivity contribution < 1.29 is 19.5 Å². The second-order valence-corrected chi connectivity index (χ2v) is 8.51. The van der Waals surface area contributed by atoms with Crippen molar-refractivity contribution in [1.82, 2.24) is 0 Å². The first-order chi connectivity index (χ1) is 11.9. The largest absolute Gasteiger partial charge is 0.389 e. The maximum atomic E-state index is 13.0. The molecule has 0 amide bonds. The molecule has 25 heavy (non-hydrogen) atoms. The molecular weight excluding hydrogens is 316 g/mol. The Morgan fingerprint density at radius 3 is 2.68 bits per heavy atom. The molecule has 3 fully saturated rings. The first kappa shape index (κ1) is 18.2. The van der Waals surface area contributed by atoms with E-state index >= 15 is 0 Å². The monoisotopic (exact) mass is 344 g/mol. The molecule has 0 aromatic carbocycles. The summed E-state index contributed by atoms with van der Waals surface area (Å²) in [4.78, 5) is 33.6. The lowest BCUT2D eigenvalue weighted by Gasteiger charge is -2.55. The molecule has 0 heterocycles. The van der Waals surface area contributed by atoms with E-state index in [1.54, 1.807) is 12.2 Å². The van der Waals surface area contributed by atoms with E-state index in [1.807, 2.05) is 6.08 Å². The highest BCUT2D eigenvalue weighted by molar-refractivity contribution is 6.01. The van der Waals surface area contributed by atoms with Gasteiger partial charge in [0, 0.05) is 17.8 Å². The van der Waals surface area contributed by atoms with Gasteiger partial charge in [-0.3, -0.25) is 9.59 Å². The fourth-order valence-corrected chi connectivity index (χ4v) is 6.04. The van der Waals surface area contributed by atoms with Crippen LogP contribution in [0.4, 0.5) is 0 Å². The Kier molecular flexibility index (Phi) is 4.84.